The first kappa shape index (κ1) is 17.8. The van der Waals surface area contributed by atoms with Gasteiger partial charge in [-0.2, -0.15) is 0 Å². The van der Waals surface area contributed by atoms with Crippen molar-refractivity contribution in [3.05, 3.63) is 35.9 Å². The van der Waals surface area contributed by atoms with Crippen LogP contribution in [0, 0.1) is 17.8 Å². The van der Waals surface area contributed by atoms with Crippen LogP contribution in [-0.2, 0) is 11.3 Å². The molecule has 26 heavy (non-hydrogen) atoms. The summed E-state index contributed by atoms with van der Waals surface area (Å²) in [5.74, 6) is 2.37. The summed E-state index contributed by atoms with van der Waals surface area (Å²) in [5, 5.41) is 6.54. The van der Waals surface area contributed by atoms with E-state index in [1.165, 1.54) is 45.6 Å². The molecule has 0 aromatic heterocycles. The van der Waals surface area contributed by atoms with E-state index in [1.807, 2.05) is 30.3 Å². The van der Waals surface area contributed by atoms with Crippen LogP contribution in [0.2, 0.25) is 0 Å². The predicted octanol–water partition coefficient (Wildman–Crippen LogP) is 2.62. The predicted molar refractivity (Wildman–Crippen MR) is 102 cm³/mol. The molecule has 3 atom stereocenters. The zero-order valence-corrected chi connectivity index (χ0v) is 15.5. The number of nitrogens with zero attached hydrogens (tertiary/aromatic N) is 1. The average molecular weight is 357 g/mol. The highest BCUT2D eigenvalue weighted by Crippen LogP contribution is 2.38. The fourth-order valence-electron chi connectivity index (χ4n) is 5.02. The van der Waals surface area contributed by atoms with E-state index in [0.717, 1.165) is 36.2 Å². The molecule has 3 fully saturated rings. The summed E-state index contributed by atoms with van der Waals surface area (Å²) >= 11 is 0. The van der Waals surface area contributed by atoms with Crippen molar-refractivity contribution in [1.29, 1.82) is 0 Å². The molecule has 0 spiro atoms. The van der Waals surface area contributed by atoms with E-state index in [-0.39, 0.29) is 12.1 Å². The van der Waals surface area contributed by atoms with Crippen LogP contribution in [0.4, 0.5) is 4.79 Å². The van der Waals surface area contributed by atoms with Crippen LogP contribution < -0.4 is 10.6 Å². The smallest absolute Gasteiger partial charge is 0.407 e. The van der Waals surface area contributed by atoms with Crippen molar-refractivity contribution in [2.75, 3.05) is 32.7 Å². The minimum absolute atomic E-state index is 0.273. The molecule has 142 valence electrons. The molecule has 1 amide bonds. The van der Waals surface area contributed by atoms with Crippen molar-refractivity contribution in [2.24, 2.45) is 17.8 Å². The molecular weight excluding hydrogens is 326 g/mol. The Morgan fingerprint density at radius 3 is 2.50 bits per heavy atom. The van der Waals surface area contributed by atoms with Crippen LogP contribution >= 0.6 is 0 Å². The fraction of sp³-hybridized carbons (Fsp3) is 0.667. The maximum atomic E-state index is 12.1. The van der Waals surface area contributed by atoms with Crippen LogP contribution in [0.3, 0.4) is 0 Å². The first-order valence-corrected chi connectivity index (χ1v) is 10.2. The zero-order chi connectivity index (χ0) is 17.8. The third-order valence-corrected chi connectivity index (χ3v) is 6.34. The molecule has 2 N–H and O–H groups in total. The second-order valence-electron chi connectivity index (χ2n) is 8.31. The van der Waals surface area contributed by atoms with E-state index in [4.69, 9.17) is 4.74 Å². The van der Waals surface area contributed by atoms with Crippen LogP contribution in [0.5, 0.6) is 0 Å². The van der Waals surface area contributed by atoms with Crippen LogP contribution in [0.25, 0.3) is 0 Å². The van der Waals surface area contributed by atoms with Gasteiger partial charge in [0.25, 0.3) is 0 Å². The van der Waals surface area contributed by atoms with Gasteiger partial charge in [0.1, 0.15) is 6.61 Å². The Labute approximate surface area is 156 Å². The molecule has 1 aliphatic carbocycles. The lowest BCUT2D eigenvalue weighted by atomic mass is 9.97. The third kappa shape index (κ3) is 4.57. The molecule has 3 aliphatic rings. The van der Waals surface area contributed by atoms with E-state index in [9.17, 15) is 4.79 Å². The number of alkyl carbamates (subject to hydrolysis) is 1. The summed E-state index contributed by atoms with van der Waals surface area (Å²) < 4.78 is 5.37. The minimum Gasteiger partial charge on any atom is -0.445 e. The number of amides is 1. The van der Waals surface area contributed by atoms with Gasteiger partial charge in [-0.25, -0.2) is 4.79 Å². The number of carbonyl (C=O) groups is 1. The first-order chi connectivity index (χ1) is 12.8. The first-order valence-electron chi connectivity index (χ1n) is 10.2. The second kappa shape index (κ2) is 8.40. The van der Waals surface area contributed by atoms with E-state index in [1.54, 1.807) is 0 Å². The molecular formula is C21H31N3O2. The summed E-state index contributed by atoms with van der Waals surface area (Å²) in [6.07, 6.45) is 4.58. The summed E-state index contributed by atoms with van der Waals surface area (Å²) in [5.41, 5.74) is 1.03. The van der Waals surface area contributed by atoms with E-state index in [0.29, 0.717) is 6.61 Å². The topological polar surface area (TPSA) is 53.6 Å². The van der Waals surface area contributed by atoms with Crippen LogP contribution in [0.1, 0.15) is 31.2 Å². The van der Waals surface area contributed by atoms with E-state index in [2.05, 4.69) is 15.5 Å². The molecule has 1 saturated carbocycles. The Hall–Kier alpha value is -1.59. The van der Waals surface area contributed by atoms with Gasteiger partial charge < -0.3 is 20.3 Å². The number of nitrogens with one attached hydrogen (secondary N) is 2. The van der Waals surface area contributed by atoms with Crippen LogP contribution in [-0.4, -0.2) is 49.8 Å². The van der Waals surface area contributed by atoms with E-state index < -0.39 is 0 Å². The Bertz CT molecular complexity index is 574. The summed E-state index contributed by atoms with van der Waals surface area (Å²) in [4.78, 5) is 14.7. The normalized spacial score (nSPS) is 29.5. The van der Waals surface area contributed by atoms with Crippen molar-refractivity contribution in [1.82, 2.24) is 15.5 Å². The Kier molecular flexibility index (Phi) is 5.75. The monoisotopic (exact) mass is 357 g/mol. The lowest BCUT2D eigenvalue weighted by molar-refractivity contribution is 0.135. The van der Waals surface area contributed by atoms with Gasteiger partial charge in [-0.3, -0.25) is 0 Å². The number of hydrogen-bond donors (Lipinski definition) is 2. The molecule has 2 aliphatic heterocycles. The largest absolute Gasteiger partial charge is 0.445 e. The van der Waals surface area contributed by atoms with Gasteiger partial charge in [-0.15, -0.1) is 0 Å². The zero-order valence-electron chi connectivity index (χ0n) is 15.5. The molecule has 1 aromatic rings. The summed E-state index contributed by atoms with van der Waals surface area (Å²) in [6, 6.07) is 10.1. The van der Waals surface area contributed by atoms with Gasteiger partial charge >= 0.3 is 6.09 Å². The maximum Gasteiger partial charge on any atom is 0.407 e. The van der Waals surface area contributed by atoms with Crippen molar-refractivity contribution in [2.45, 2.75) is 38.3 Å². The highest BCUT2D eigenvalue weighted by Gasteiger charge is 2.41. The van der Waals surface area contributed by atoms with Crippen molar-refractivity contribution in [3.63, 3.8) is 0 Å². The molecule has 0 radical (unpaired) electrons. The summed E-state index contributed by atoms with van der Waals surface area (Å²) in [7, 11) is 0. The quantitative estimate of drug-likeness (QED) is 0.851. The minimum atomic E-state index is -0.273. The second-order valence-corrected chi connectivity index (χ2v) is 8.31. The van der Waals surface area contributed by atoms with Gasteiger partial charge in [-0.05, 0) is 62.1 Å². The molecule has 1 unspecified atom stereocenters. The van der Waals surface area contributed by atoms with E-state index >= 15 is 0 Å². The standard InChI is InChI=1S/C21H31N3O2/c25-21(26-15-17-4-2-1-3-5-17)23-20-10-18-13-24(14-19(18)11-20)12-16-6-8-22-9-7-16/h1-5,16,18-20,22H,6-15H2,(H,23,25)/t18-,19+,20?. The van der Waals surface area contributed by atoms with Gasteiger partial charge in [0.2, 0.25) is 0 Å². The highest BCUT2D eigenvalue weighted by atomic mass is 16.5. The van der Waals surface area contributed by atoms with Crippen molar-refractivity contribution in [3.8, 4) is 0 Å². The summed E-state index contributed by atoms with van der Waals surface area (Å²) in [6.45, 7) is 6.41. The van der Waals surface area contributed by atoms with Crippen molar-refractivity contribution < 1.29 is 9.53 Å². The van der Waals surface area contributed by atoms with Crippen molar-refractivity contribution >= 4 is 6.09 Å². The highest BCUT2D eigenvalue weighted by molar-refractivity contribution is 5.67. The molecule has 5 heteroatoms. The molecule has 0 bridgehead atoms. The maximum absolute atomic E-state index is 12.1. The van der Waals surface area contributed by atoms with Gasteiger partial charge in [0.05, 0.1) is 0 Å². The number of piperidine rings is 1. The number of carbonyl (C=O) groups excluding carboxylic acids is 1. The van der Waals surface area contributed by atoms with Gasteiger partial charge in [0, 0.05) is 25.7 Å². The fourth-order valence-corrected chi connectivity index (χ4v) is 5.02. The number of rotatable bonds is 5. The number of fused-ring (bicyclic) bond motifs is 1. The van der Waals surface area contributed by atoms with Gasteiger partial charge in [-0.1, -0.05) is 30.3 Å². The number of likely N-dealkylation sites (tertiary alicyclic amines) is 1. The molecule has 4 rings (SSSR count). The number of hydrogen-bond acceptors (Lipinski definition) is 4. The lowest BCUT2D eigenvalue weighted by Crippen LogP contribution is -2.37. The number of ether oxygens (including phenoxy) is 1. The molecule has 5 nitrogen and oxygen atoms in total. The lowest BCUT2D eigenvalue weighted by Gasteiger charge is -2.28. The average Bonchev–Trinajstić information content (AvgIpc) is 3.19. The van der Waals surface area contributed by atoms with Crippen LogP contribution in [0.15, 0.2) is 30.3 Å². The number of benzene rings is 1. The molecule has 2 heterocycles. The van der Waals surface area contributed by atoms with Gasteiger partial charge in [0.15, 0.2) is 0 Å². The SMILES string of the molecule is O=C(NC1C[C@@H]2CN(CC3CCNCC3)C[C@@H]2C1)OCc1ccccc1. The third-order valence-electron chi connectivity index (χ3n) is 6.34. The Morgan fingerprint density at radius 1 is 1.12 bits per heavy atom. The Balaban J connectivity index is 1.17. The Morgan fingerprint density at radius 2 is 1.81 bits per heavy atom. The molecule has 2 saturated heterocycles. The molecule has 1 aromatic carbocycles.